The fourth-order valence-electron chi connectivity index (χ4n) is 0.776. The van der Waals surface area contributed by atoms with E-state index in [2.05, 4.69) is 23.8 Å². The smallest absolute Gasteiger partial charge is 0.0760 e. The second-order valence-electron chi connectivity index (χ2n) is 2.69. The monoisotopic (exact) mass is 228 g/mol. The van der Waals surface area contributed by atoms with E-state index >= 15 is 0 Å². The van der Waals surface area contributed by atoms with E-state index in [-0.39, 0.29) is 0 Å². The number of hydrogen-bond acceptors (Lipinski definition) is 2. The topological polar surface area (TPSA) is 24.1 Å². The highest BCUT2D eigenvalue weighted by Gasteiger charge is 1.98. The van der Waals surface area contributed by atoms with Crippen molar-refractivity contribution in [3.63, 3.8) is 0 Å². The van der Waals surface area contributed by atoms with Crippen molar-refractivity contribution in [2.75, 3.05) is 13.1 Å². The van der Waals surface area contributed by atoms with Gasteiger partial charge in [-0.05, 0) is 0 Å². The van der Waals surface area contributed by atoms with Gasteiger partial charge in [-0.2, -0.15) is 0 Å². The predicted molar refractivity (Wildman–Crippen MR) is 70.8 cm³/mol. The van der Waals surface area contributed by atoms with Crippen molar-refractivity contribution in [3.05, 3.63) is 25.3 Å². The molecule has 0 rings (SSSR count). The van der Waals surface area contributed by atoms with Gasteiger partial charge in [0.25, 0.3) is 0 Å². The summed E-state index contributed by atoms with van der Waals surface area (Å²) in [5, 5.41) is 6.10. The zero-order valence-corrected chi connectivity index (χ0v) is 9.85. The molecule has 4 heteroatoms. The Balaban J connectivity index is 3.50. The summed E-state index contributed by atoms with van der Waals surface area (Å²) in [6, 6.07) is 0. The third-order valence-electron chi connectivity index (χ3n) is 1.47. The van der Waals surface area contributed by atoms with Gasteiger partial charge in [-0.15, -0.1) is 13.2 Å². The third-order valence-corrected chi connectivity index (χ3v) is 2.16. The van der Waals surface area contributed by atoms with E-state index in [1.807, 2.05) is 0 Å². The molecule has 0 aliphatic rings. The van der Waals surface area contributed by atoms with Crippen molar-refractivity contribution in [1.82, 2.24) is 10.6 Å². The zero-order chi connectivity index (χ0) is 10.8. The molecule has 0 heterocycles. The van der Waals surface area contributed by atoms with Crippen LogP contribution in [0.4, 0.5) is 0 Å². The van der Waals surface area contributed by atoms with E-state index in [0.29, 0.717) is 13.1 Å². The lowest BCUT2D eigenvalue weighted by Gasteiger charge is -2.07. The van der Waals surface area contributed by atoms with Gasteiger partial charge in [0.2, 0.25) is 0 Å². The maximum Gasteiger partial charge on any atom is 0.0760 e. The maximum absolute atomic E-state index is 5.08. The second-order valence-corrected chi connectivity index (χ2v) is 3.67. The molecule has 0 aromatic rings. The quantitative estimate of drug-likeness (QED) is 0.514. The molecule has 2 nitrogen and oxygen atoms in total. The van der Waals surface area contributed by atoms with Crippen LogP contribution in [-0.2, 0) is 0 Å². The van der Waals surface area contributed by atoms with Crippen LogP contribution in [0.2, 0.25) is 0 Å². The van der Waals surface area contributed by atoms with Gasteiger partial charge >= 0.3 is 0 Å². The Morgan fingerprint density at radius 3 is 1.57 bits per heavy atom. The lowest BCUT2D eigenvalue weighted by molar-refractivity contribution is 0.966. The highest BCUT2D eigenvalue weighted by molar-refractivity contribution is 7.80. The van der Waals surface area contributed by atoms with E-state index in [0.717, 1.165) is 22.8 Å². The van der Waals surface area contributed by atoms with Gasteiger partial charge in [-0.1, -0.05) is 36.6 Å². The molecule has 14 heavy (non-hydrogen) atoms. The molecule has 78 valence electrons. The largest absolute Gasteiger partial charge is 0.376 e. The molecule has 2 N–H and O–H groups in total. The molecular weight excluding hydrogens is 212 g/mol. The van der Waals surface area contributed by atoms with Crippen molar-refractivity contribution >= 4 is 34.4 Å². The predicted octanol–water partition coefficient (Wildman–Crippen LogP) is 1.97. The van der Waals surface area contributed by atoms with Crippen molar-refractivity contribution in [3.8, 4) is 0 Å². The van der Waals surface area contributed by atoms with Crippen LogP contribution in [0.15, 0.2) is 25.3 Å². The molecule has 0 aromatic carbocycles. The van der Waals surface area contributed by atoms with Gasteiger partial charge in [0.15, 0.2) is 0 Å². The Bertz CT molecular complexity index is 200. The molecule has 0 spiro atoms. The van der Waals surface area contributed by atoms with Crippen molar-refractivity contribution < 1.29 is 0 Å². The Labute approximate surface area is 96.5 Å². The average Bonchev–Trinajstić information content (AvgIpc) is 2.20. The normalized spacial score (nSPS) is 8.86. The van der Waals surface area contributed by atoms with Crippen molar-refractivity contribution in [1.29, 1.82) is 0 Å². The molecule has 0 bridgehead atoms. The van der Waals surface area contributed by atoms with E-state index in [9.17, 15) is 0 Å². The van der Waals surface area contributed by atoms with Crippen molar-refractivity contribution in [2.24, 2.45) is 0 Å². The van der Waals surface area contributed by atoms with E-state index in [1.165, 1.54) is 0 Å². The summed E-state index contributed by atoms with van der Waals surface area (Å²) in [5.74, 6) is 0. The van der Waals surface area contributed by atoms with Gasteiger partial charge < -0.3 is 10.6 Å². The lowest BCUT2D eigenvalue weighted by atomic mass is 10.3. The molecule has 0 fully saturated rings. The molecule has 0 aliphatic carbocycles. The lowest BCUT2D eigenvalue weighted by Crippen LogP contribution is -2.25. The van der Waals surface area contributed by atoms with Crippen molar-refractivity contribution in [2.45, 2.75) is 12.8 Å². The summed E-state index contributed by atoms with van der Waals surface area (Å²) in [6.45, 7) is 8.62. The third kappa shape index (κ3) is 7.89. The Hall–Kier alpha value is -0.740. The number of rotatable bonds is 7. The zero-order valence-electron chi connectivity index (χ0n) is 8.21. The summed E-state index contributed by atoms with van der Waals surface area (Å²) in [6.07, 6.45) is 5.12. The van der Waals surface area contributed by atoms with Crippen LogP contribution in [-0.4, -0.2) is 23.1 Å². The first-order valence-electron chi connectivity index (χ1n) is 4.46. The van der Waals surface area contributed by atoms with Crippen LogP contribution in [0.25, 0.3) is 0 Å². The van der Waals surface area contributed by atoms with Gasteiger partial charge in [-0.3, -0.25) is 0 Å². The van der Waals surface area contributed by atoms with Gasteiger partial charge in [-0.25, -0.2) is 0 Å². The maximum atomic E-state index is 5.08. The number of nitrogens with one attached hydrogen (secondary N) is 2. The molecule has 0 radical (unpaired) electrons. The van der Waals surface area contributed by atoms with Crippen LogP contribution in [0.5, 0.6) is 0 Å². The molecule has 0 unspecified atom stereocenters. The van der Waals surface area contributed by atoms with E-state index < -0.39 is 0 Å². The summed E-state index contributed by atoms with van der Waals surface area (Å²) >= 11 is 10.2. The number of hydrogen-bond donors (Lipinski definition) is 2. The minimum Gasteiger partial charge on any atom is -0.376 e. The van der Waals surface area contributed by atoms with Crippen LogP contribution >= 0.6 is 24.4 Å². The molecule has 0 saturated heterocycles. The van der Waals surface area contributed by atoms with E-state index in [1.54, 1.807) is 12.2 Å². The summed E-state index contributed by atoms with van der Waals surface area (Å²) in [5.41, 5.74) is 0. The summed E-state index contributed by atoms with van der Waals surface area (Å²) in [4.78, 5) is 1.65. The Morgan fingerprint density at radius 1 is 0.929 bits per heavy atom. The molecule has 0 atom stereocenters. The Morgan fingerprint density at radius 2 is 1.29 bits per heavy atom. The minimum atomic E-state index is 0.714. The molecule has 0 aliphatic heterocycles. The summed E-state index contributed by atoms with van der Waals surface area (Å²) in [7, 11) is 0. The van der Waals surface area contributed by atoms with E-state index in [4.69, 9.17) is 24.4 Å². The number of thiocarbonyl (C=S) groups is 2. The average molecular weight is 228 g/mol. The minimum absolute atomic E-state index is 0.714. The Kier molecular flexibility index (Phi) is 8.37. The first kappa shape index (κ1) is 13.3. The highest BCUT2D eigenvalue weighted by Crippen LogP contribution is 1.93. The van der Waals surface area contributed by atoms with Crippen LogP contribution < -0.4 is 10.6 Å². The molecule has 0 amide bonds. The second kappa shape index (κ2) is 8.84. The SMILES string of the molecule is C=CCNC(=S)CCC(=S)NCC=C. The van der Waals surface area contributed by atoms with Gasteiger partial charge in [0.05, 0.1) is 9.98 Å². The van der Waals surface area contributed by atoms with Crippen LogP contribution in [0, 0.1) is 0 Å². The van der Waals surface area contributed by atoms with Crippen LogP contribution in [0.3, 0.4) is 0 Å². The molecule has 0 saturated carbocycles. The first-order chi connectivity index (χ1) is 6.70. The fraction of sp³-hybridized carbons (Fsp3) is 0.400. The standard InChI is InChI=1S/C10H16N2S2/c1-3-7-11-9(13)5-6-10(14)12-8-4-2/h3-4H,1-2,5-8H2,(H,11,13)(H,12,14). The summed E-state index contributed by atoms with van der Waals surface area (Å²) < 4.78 is 0. The first-order valence-corrected chi connectivity index (χ1v) is 5.27. The molecule has 0 aromatic heterocycles. The van der Waals surface area contributed by atoms with Crippen LogP contribution in [0.1, 0.15) is 12.8 Å². The fourth-order valence-corrected chi connectivity index (χ4v) is 1.15. The van der Waals surface area contributed by atoms with Gasteiger partial charge in [0, 0.05) is 25.9 Å². The highest BCUT2D eigenvalue weighted by atomic mass is 32.1. The molecular formula is C10H16N2S2. The van der Waals surface area contributed by atoms with Gasteiger partial charge in [0.1, 0.15) is 0 Å².